The van der Waals surface area contributed by atoms with Crippen LogP contribution >= 0.6 is 0 Å². The number of aryl methyl sites for hydroxylation is 1. The van der Waals surface area contributed by atoms with Crippen LogP contribution in [0.1, 0.15) is 71.6 Å². The summed E-state index contributed by atoms with van der Waals surface area (Å²) in [5.74, 6) is 0. The second kappa shape index (κ2) is 14.2. The lowest BCUT2D eigenvalue weighted by atomic mass is 9.93. The highest BCUT2D eigenvalue weighted by Crippen LogP contribution is 2.21. The number of rotatable bonds is 17. The van der Waals surface area contributed by atoms with E-state index in [2.05, 4.69) is 72.0 Å². The highest BCUT2D eigenvalue weighted by molar-refractivity contribution is 5.36. The molecule has 0 amide bonds. The average molecular weight is 420 g/mol. The summed E-state index contributed by atoms with van der Waals surface area (Å²) < 4.78 is 2.50. The zero-order valence-corrected chi connectivity index (χ0v) is 21.5. The quantitative estimate of drug-likeness (QED) is 0.275. The van der Waals surface area contributed by atoms with Crippen LogP contribution in [0.3, 0.4) is 0 Å². The fraction of sp³-hybridized carbons (Fsp3) is 0.778. The van der Waals surface area contributed by atoms with E-state index in [1.807, 2.05) is 0 Å². The molecule has 0 radical (unpaired) electrons. The van der Waals surface area contributed by atoms with Gasteiger partial charge < -0.3 is 14.3 Å². The number of hydrogen-bond acceptors (Lipinski definition) is 1. The van der Waals surface area contributed by atoms with Crippen LogP contribution in [0, 0.1) is 0 Å². The number of hydrogen-bond donors (Lipinski definition) is 1. The van der Waals surface area contributed by atoms with Crippen LogP contribution in [0.25, 0.3) is 0 Å². The van der Waals surface area contributed by atoms with Crippen LogP contribution in [-0.2, 0) is 19.3 Å². The van der Waals surface area contributed by atoms with E-state index < -0.39 is 0 Å². The van der Waals surface area contributed by atoms with Gasteiger partial charge in [-0.15, -0.1) is 0 Å². The van der Waals surface area contributed by atoms with Crippen LogP contribution in [-0.4, -0.2) is 74.4 Å². The lowest BCUT2D eigenvalue weighted by Crippen LogP contribution is -2.48. The highest BCUT2D eigenvalue weighted by atomic mass is 15.3. The third-order valence-corrected chi connectivity index (χ3v) is 8.13. The summed E-state index contributed by atoms with van der Waals surface area (Å²) in [6.07, 6.45) is 4.90. The van der Waals surface area contributed by atoms with Gasteiger partial charge in [0.25, 0.3) is 0 Å². The summed E-state index contributed by atoms with van der Waals surface area (Å²) in [6, 6.07) is 7.14. The van der Waals surface area contributed by atoms with Crippen molar-refractivity contribution in [2.45, 2.75) is 74.1 Å². The molecule has 1 aromatic rings. The highest BCUT2D eigenvalue weighted by Gasteiger charge is 2.22. The molecule has 0 aromatic heterocycles. The predicted molar refractivity (Wildman–Crippen MR) is 134 cm³/mol. The molecule has 1 rings (SSSR count). The molecule has 0 saturated carbocycles. The van der Waals surface area contributed by atoms with Crippen molar-refractivity contribution in [1.29, 1.82) is 0 Å². The summed E-state index contributed by atoms with van der Waals surface area (Å²) in [4.78, 5) is 0. The lowest BCUT2D eigenvalue weighted by Gasteiger charge is -2.36. The van der Waals surface area contributed by atoms with E-state index in [4.69, 9.17) is 0 Å². The smallest absolute Gasteiger partial charge is 0.0827 e. The molecule has 0 unspecified atom stereocenters. The van der Waals surface area contributed by atoms with E-state index in [9.17, 15) is 0 Å². The monoisotopic (exact) mass is 419 g/mol. The third-order valence-electron chi connectivity index (χ3n) is 8.13. The zero-order chi connectivity index (χ0) is 22.5. The summed E-state index contributed by atoms with van der Waals surface area (Å²) in [5.41, 5.74) is 4.85. The van der Waals surface area contributed by atoms with E-state index in [1.165, 1.54) is 87.0 Å². The fourth-order valence-electron chi connectivity index (χ4n) is 5.12. The van der Waals surface area contributed by atoms with Gasteiger partial charge in [-0.05, 0) is 84.2 Å². The Bertz CT molecular complexity index is 557. The SMILES string of the molecule is CCNCCc1c(CCC[N+](CC)(CC)CC)cccc1CC[N+](CC)(CC)CC. The van der Waals surface area contributed by atoms with Gasteiger partial charge in [0.2, 0.25) is 0 Å². The number of nitrogens with one attached hydrogen (secondary N) is 1. The molecular formula is C27H53N3+2. The topological polar surface area (TPSA) is 12.0 Å². The first-order chi connectivity index (χ1) is 14.5. The van der Waals surface area contributed by atoms with Crippen LogP contribution in [0.4, 0.5) is 0 Å². The van der Waals surface area contributed by atoms with Gasteiger partial charge in [0, 0.05) is 12.8 Å². The van der Waals surface area contributed by atoms with Crippen molar-refractivity contribution in [3.8, 4) is 0 Å². The van der Waals surface area contributed by atoms with E-state index in [0.717, 1.165) is 13.1 Å². The molecular weight excluding hydrogens is 366 g/mol. The Morgan fingerprint density at radius 2 is 1.13 bits per heavy atom. The molecule has 174 valence electrons. The molecule has 1 aromatic carbocycles. The molecule has 0 aliphatic carbocycles. The van der Waals surface area contributed by atoms with Crippen LogP contribution in [0.2, 0.25) is 0 Å². The zero-order valence-electron chi connectivity index (χ0n) is 21.5. The third kappa shape index (κ3) is 7.66. The first-order valence-corrected chi connectivity index (χ1v) is 13.0. The fourth-order valence-corrected chi connectivity index (χ4v) is 5.12. The lowest BCUT2D eigenvalue weighted by molar-refractivity contribution is -0.923. The van der Waals surface area contributed by atoms with E-state index in [0.29, 0.717) is 0 Å². The second-order valence-corrected chi connectivity index (χ2v) is 9.04. The largest absolute Gasteiger partial charge is 0.324 e. The number of likely N-dealkylation sites (N-methyl/N-ethyl adjacent to an activating group) is 2. The van der Waals surface area contributed by atoms with Crippen molar-refractivity contribution in [2.75, 3.05) is 65.4 Å². The molecule has 1 N–H and O–H groups in total. The molecule has 0 spiro atoms. The maximum absolute atomic E-state index is 3.56. The van der Waals surface area contributed by atoms with Crippen molar-refractivity contribution in [2.24, 2.45) is 0 Å². The Labute approximate surface area is 189 Å². The molecule has 0 bridgehead atoms. The molecule has 30 heavy (non-hydrogen) atoms. The van der Waals surface area contributed by atoms with Crippen molar-refractivity contribution >= 4 is 0 Å². The standard InChI is InChI=1S/C27H53N3/c1-8-28-22-20-27-25(19-16-23-29(9-2,10-3)11-4)17-15-18-26(27)21-24-30(12-5,13-6)14-7/h15,17-18,28H,8-14,16,19-24H2,1-7H3/q+2. The second-order valence-electron chi connectivity index (χ2n) is 9.04. The van der Waals surface area contributed by atoms with E-state index in [-0.39, 0.29) is 0 Å². The normalized spacial score (nSPS) is 12.5. The Kier molecular flexibility index (Phi) is 12.9. The molecule has 0 aliphatic rings. The Hall–Kier alpha value is -0.900. The van der Waals surface area contributed by atoms with Gasteiger partial charge in [-0.1, -0.05) is 25.1 Å². The predicted octanol–water partition coefficient (Wildman–Crippen LogP) is 5.07. The maximum Gasteiger partial charge on any atom is 0.0827 e. The number of nitrogens with zero attached hydrogens (tertiary/aromatic N) is 2. The summed E-state index contributed by atoms with van der Waals surface area (Å²) in [6.45, 7) is 28.6. The van der Waals surface area contributed by atoms with Crippen molar-refractivity contribution in [3.63, 3.8) is 0 Å². The first kappa shape index (κ1) is 27.1. The van der Waals surface area contributed by atoms with Gasteiger partial charge in [0.15, 0.2) is 0 Å². The molecule has 0 heterocycles. The van der Waals surface area contributed by atoms with Gasteiger partial charge in [0.05, 0.1) is 52.4 Å². The molecule has 3 heteroatoms. The minimum absolute atomic E-state index is 1.06. The minimum atomic E-state index is 1.06. The van der Waals surface area contributed by atoms with Crippen LogP contribution in [0.5, 0.6) is 0 Å². The summed E-state index contributed by atoms with van der Waals surface area (Å²) in [7, 11) is 0. The van der Waals surface area contributed by atoms with E-state index >= 15 is 0 Å². The van der Waals surface area contributed by atoms with Crippen LogP contribution < -0.4 is 5.32 Å². The van der Waals surface area contributed by atoms with Gasteiger partial charge in [-0.3, -0.25) is 0 Å². The Morgan fingerprint density at radius 3 is 1.63 bits per heavy atom. The van der Waals surface area contributed by atoms with Crippen molar-refractivity contribution in [3.05, 3.63) is 34.9 Å². The van der Waals surface area contributed by atoms with Crippen LogP contribution in [0.15, 0.2) is 18.2 Å². The van der Waals surface area contributed by atoms with Gasteiger partial charge in [-0.25, -0.2) is 0 Å². The number of benzene rings is 1. The van der Waals surface area contributed by atoms with Gasteiger partial charge in [-0.2, -0.15) is 0 Å². The molecule has 3 nitrogen and oxygen atoms in total. The molecule has 0 saturated heterocycles. The Balaban J connectivity index is 2.98. The minimum Gasteiger partial charge on any atom is -0.324 e. The van der Waals surface area contributed by atoms with Gasteiger partial charge >= 0.3 is 0 Å². The summed E-state index contributed by atoms with van der Waals surface area (Å²) in [5, 5.41) is 3.56. The van der Waals surface area contributed by atoms with E-state index in [1.54, 1.807) is 16.7 Å². The molecule has 0 atom stereocenters. The maximum atomic E-state index is 3.56. The van der Waals surface area contributed by atoms with Gasteiger partial charge in [0.1, 0.15) is 0 Å². The summed E-state index contributed by atoms with van der Waals surface area (Å²) >= 11 is 0. The first-order valence-electron chi connectivity index (χ1n) is 13.0. The van der Waals surface area contributed by atoms with Crippen molar-refractivity contribution in [1.82, 2.24) is 5.32 Å². The van der Waals surface area contributed by atoms with Crippen molar-refractivity contribution < 1.29 is 8.97 Å². The number of quaternary nitrogens is 2. The molecule has 0 aliphatic heterocycles. The molecule has 0 fully saturated rings. The average Bonchev–Trinajstić information content (AvgIpc) is 2.79. The Morgan fingerprint density at radius 1 is 0.633 bits per heavy atom.